The third kappa shape index (κ3) is 4.72. The summed E-state index contributed by atoms with van der Waals surface area (Å²) in [6, 6.07) is 15.6. The quantitative estimate of drug-likeness (QED) is 0.363. The molecule has 0 radical (unpaired) electrons. The lowest BCUT2D eigenvalue weighted by Crippen LogP contribution is -2.25. The second-order valence-corrected chi connectivity index (χ2v) is 7.26. The highest BCUT2D eigenvalue weighted by atomic mass is 15.3. The van der Waals surface area contributed by atoms with Crippen LogP contribution in [0.25, 0.3) is 0 Å². The van der Waals surface area contributed by atoms with Gasteiger partial charge in [-0.1, -0.05) is 10.2 Å². The second kappa shape index (κ2) is 8.70. The molecule has 2 aromatic heterocycles. The first-order chi connectivity index (χ1) is 15.0. The number of hydrogen-bond donors (Lipinski definition) is 1. The molecule has 0 saturated heterocycles. The molecule has 0 saturated carbocycles. The van der Waals surface area contributed by atoms with Crippen LogP contribution in [0.5, 0.6) is 0 Å². The van der Waals surface area contributed by atoms with Crippen LogP contribution in [0.2, 0.25) is 0 Å². The van der Waals surface area contributed by atoms with Crippen molar-refractivity contribution in [2.75, 3.05) is 5.32 Å². The van der Waals surface area contributed by atoms with E-state index in [0.717, 1.165) is 34.6 Å². The summed E-state index contributed by atoms with van der Waals surface area (Å²) in [4.78, 5) is 0. The summed E-state index contributed by atoms with van der Waals surface area (Å²) in [7, 11) is 7.76. The topological polar surface area (TPSA) is 79.1 Å². The van der Waals surface area contributed by atoms with Gasteiger partial charge in [-0.25, -0.2) is 18.3 Å². The van der Waals surface area contributed by atoms with Gasteiger partial charge in [-0.2, -0.15) is 0 Å². The van der Waals surface area contributed by atoms with Crippen molar-refractivity contribution in [3.63, 3.8) is 0 Å². The van der Waals surface area contributed by atoms with Gasteiger partial charge in [-0.15, -0.1) is 0 Å². The largest absolute Gasteiger partial charge is 0.421 e. The van der Waals surface area contributed by atoms with Gasteiger partial charge in [0.15, 0.2) is 0 Å². The average molecular weight is 416 g/mol. The summed E-state index contributed by atoms with van der Waals surface area (Å²) in [6.07, 6.45) is 7.76. The highest BCUT2D eigenvalue weighted by Crippen LogP contribution is 2.24. The summed E-state index contributed by atoms with van der Waals surface area (Å²) in [5.41, 5.74) is 3.51. The van der Waals surface area contributed by atoms with Gasteiger partial charge in [0.05, 0.1) is 53.0 Å². The minimum atomic E-state index is 0.778. The van der Waals surface area contributed by atoms with Crippen molar-refractivity contribution in [1.82, 2.24) is 9.13 Å². The fourth-order valence-electron chi connectivity index (χ4n) is 3.04. The van der Waals surface area contributed by atoms with Gasteiger partial charge in [0.1, 0.15) is 11.4 Å². The molecule has 1 N–H and O–H groups in total. The summed E-state index contributed by atoms with van der Waals surface area (Å²) in [6.45, 7) is 0. The Morgan fingerprint density at radius 2 is 1.00 bits per heavy atom. The van der Waals surface area contributed by atoms with Crippen molar-refractivity contribution in [2.24, 2.45) is 48.6 Å². The Hall–Kier alpha value is -4.14. The molecule has 4 rings (SSSR count). The predicted octanol–water partition coefficient (Wildman–Crippen LogP) is 4.59. The second-order valence-electron chi connectivity index (χ2n) is 7.26. The molecule has 156 valence electrons. The van der Waals surface area contributed by atoms with Gasteiger partial charge in [-0.3, -0.25) is 0 Å². The molecule has 0 fully saturated rings. The standard InChI is InChI=1S/C22H24N9/c1-28-13-14-29(2)21(28)26-24-19-9-5-17(6-10-19)23-18-7-11-20(12-8-18)25-27-22-30(3)15-16-31(22)4/h5-16H,1-4H3/q+1/p+1. The molecular weight excluding hydrogens is 390 g/mol. The van der Waals surface area contributed by atoms with E-state index in [9.17, 15) is 0 Å². The number of aryl methyl sites for hydroxylation is 4. The molecule has 31 heavy (non-hydrogen) atoms. The maximum absolute atomic E-state index is 4.31. The SMILES string of the molecule is Cn1cc[n+](C)c1N=Nc1ccc(Nc2ccc(N=Nc3n(C)cc[n+]3C)cc2)cc1. The number of aromatic nitrogens is 4. The zero-order valence-corrected chi connectivity index (χ0v) is 18.0. The van der Waals surface area contributed by atoms with Crippen molar-refractivity contribution in [3.05, 3.63) is 73.3 Å². The Morgan fingerprint density at radius 1 is 0.613 bits per heavy atom. The van der Waals surface area contributed by atoms with E-state index in [1.165, 1.54) is 0 Å². The number of anilines is 2. The van der Waals surface area contributed by atoms with Crippen LogP contribution >= 0.6 is 0 Å². The van der Waals surface area contributed by atoms with Gasteiger partial charge in [0.2, 0.25) is 0 Å². The van der Waals surface area contributed by atoms with Crippen LogP contribution in [0.1, 0.15) is 0 Å². The number of rotatable bonds is 6. The zero-order chi connectivity index (χ0) is 21.8. The number of nitrogens with one attached hydrogen (secondary N) is 1. The van der Waals surface area contributed by atoms with E-state index >= 15 is 0 Å². The number of benzene rings is 2. The molecule has 0 spiro atoms. The van der Waals surface area contributed by atoms with Crippen molar-refractivity contribution in [1.29, 1.82) is 0 Å². The van der Waals surface area contributed by atoms with Crippen LogP contribution < -0.4 is 14.5 Å². The lowest BCUT2D eigenvalue weighted by Gasteiger charge is -2.06. The van der Waals surface area contributed by atoms with Crippen LogP contribution in [-0.4, -0.2) is 9.13 Å². The van der Waals surface area contributed by atoms with Gasteiger partial charge in [-0.05, 0) is 48.5 Å². The molecule has 0 atom stereocenters. The Morgan fingerprint density at radius 3 is 1.32 bits per heavy atom. The molecular formula is C22H25N9+2. The molecule has 0 amide bonds. The van der Waals surface area contributed by atoms with E-state index in [1.807, 2.05) is 120 Å². The van der Waals surface area contributed by atoms with Crippen LogP contribution in [0.4, 0.5) is 34.6 Å². The molecule has 9 heteroatoms. The van der Waals surface area contributed by atoms with Gasteiger partial charge >= 0.3 is 11.9 Å². The van der Waals surface area contributed by atoms with Crippen LogP contribution in [0, 0.1) is 0 Å². The third-order valence-corrected chi connectivity index (χ3v) is 4.82. The lowest BCUT2D eigenvalue weighted by atomic mass is 10.2. The van der Waals surface area contributed by atoms with E-state index in [-0.39, 0.29) is 0 Å². The highest BCUT2D eigenvalue weighted by molar-refractivity contribution is 5.63. The molecule has 2 heterocycles. The zero-order valence-electron chi connectivity index (χ0n) is 18.0. The monoisotopic (exact) mass is 415 g/mol. The Bertz CT molecular complexity index is 1090. The number of nitrogens with zero attached hydrogens (tertiary/aromatic N) is 8. The summed E-state index contributed by atoms with van der Waals surface area (Å²) in [5.74, 6) is 1.56. The maximum atomic E-state index is 4.31. The highest BCUT2D eigenvalue weighted by Gasteiger charge is 2.11. The van der Waals surface area contributed by atoms with Crippen LogP contribution in [0.3, 0.4) is 0 Å². The lowest BCUT2D eigenvalue weighted by molar-refractivity contribution is -0.657. The average Bonchev–Trinajstić information content (AvgIpc) is 3.27. The van der Waals surface area contributed by atoms with E-state index in [2.05, 4.69) is 25.8 Å². The number of azo groups is 2. The molecule has 0 bridgehead atoms. The van der Waals surface area contributed by atoms with Gasteiger partial charge in [0, 0.05) is 21.6 Å². The van der Waals surface area contributed by atoms with E-state index in [1.54, 1.807) is 0 Å². The first-order valence-electron chi connectivity index (χ1n) is 9.82. The Kier molecular flexibility index (Phi) is 5.65. The van der Waals surface area contributed by atoms with E-state index in [4.69, 9.17) is 0 Å². The molecule has 9 nitrogen and oxygen atoms in total. The van der Waals surface area contributed by atoms with Crippen molar-refractivity contribution in [3.8, 4) is 0 Å². The molecule has 0 aliphatic heterocycles. The molecule has 0 aliphatic rings. The normalized spacial score (nSPS) is 11.6. The van der Waals surface area contributed by atoms with Gasteiger partial charge < -0.3 is 5.32 Å². The first-order valence-corrected chi connectivity index (χ1v) is 9.82. The molecule has 4 aromatic rings. The predicted molar refractivity (Wildman–Crippen MR) is 118 cm³/mol. The summed E-state index contributed by atoms with van der Waals surface area (Å²) < 4.78 is 7.68. The first kappa shape index (κ1) is 20.1. The van der Waals surface area contributed by atoms with E-state index < -0.39 is 0 Å². The summed E-state index contributed by atoms with van der Waals surface area (Å²) >= 11 is 0. The minimum absolute atomic E-state index is 0.778. The Balaban J connectivity index is 1.39. The maximum Gasteiger partial charge on any atom is 0.421 e. The van der Waals surface area contributed by atoms with Gasteiger partial charge in [0.25, 0.3) is 0 Å². The summed E-state index contributed by atoms with van der Waals surface area (Å²) in [5, 5.41) is 20.6. The number of hydrogen-bond acceptors (Lipinski definition) is 5. The van der Waals surface area contributed by atoms with Crippen molar-refractivity contribution >= 4 is 34.6 Å². The fraction of sp³-hybridized carbons (Fsp3) is 0.182. The third-order valence-electron chi connectivity index (χ3n) is 4.82. The van der Waals surface area contributed by atoms with Crippen LogP contribution in [-0.2, 0) is 28.2 Å². The van der Waals surface area contributed by atoms with Crippen molar-refractivity contribution in [2.45, 2.75) is 0 Å². The smallest absolute Gasteiger partial charge is 0.356 e. The van der Waals surface area contributed by atoms with Crippen LogP contribution in [0.15, 0.2) is 93.8 Å². The Labute approximate surface area is 180 Å². The molecule has 2 aromatic carbocycles. The van der Waals surface area contributed by atoms with Crippen molar-refractivity contribution < 1.29 is 9.13 Å². The molecule has 0 aliphatic carbocycles. The fourth-order valence-corrected chi connectivity index (χ4v) is 3.04. The minimum Gasteiger partial charge on any atom is -0.356 e. The molecule has 0 unspecified atom stereocenters. The van der Waals surface area contributed by atoms with E-state index in [0.29, 0.717) is 0 Å². The number of imidazole rings is 2.